The topological polar surface area (TPSA) is 139 Å². The van der Waals surface area contributed by atoms with Gasteiger partial charge in [-0.05, 0) is 93.6 Å². The molecule has 0 aromatic carbocycles. The second-order valence-electron chi connectivity index (χ2n) is 16.2. The minimum atomic E-state index is -2.98. The zero-order valence-corrected chi connectivity index (χ0v) is 31.5. The molecule has 4 aliphatic carbocycles. The number of likely N-dealkylation sites (tertiary alicyclic amines) is 2. The zero-order chi connectivity index (χ0) is 45.3. The normalized spacial score (nSPS) is 35.3. The maximum Gasteiger partial charge on any atom is 0.234 e. The van der Waals surface area contributed by atoms with Gasteiger partial charge >= 0.3 is 0 Å². The van der Waals surface area contributed by atoms with Gasteiger partial charge in [0.25, 0.3) is 0 Å². The summed E-state index contributed by atoms with van der Waals surface area (Å²) in [5, 5.41) is 0. The van der Waals surface area contributed by atoms with Crippen LogP contribution in [0.3, 0.4) is 0 Å². The number of carbonyl (C=O) groups is 4. The Morgan fingerprint density at radius 3 is 1.45 bits per heavy atom. The van der Waals surface area contributed by atoms with E-state index in [-0.39, 0.29) is 55.1 Å². The van der Waals surface area contributed by atoms with Crippen molar-refractivity contribution in [2.75, 3.05) is 88.2 Å². The molecule has 10 rings (SSSR count). The number of amides is 4. The summed E-state index contributed by atoms with van der Waals surface area (Å²) < 4.78 is 67.8. The predicted molar refractivity (Wildman–Crippen MR) is 207 cm³/mol. The van der Waals surface area contributed by atoms with Crippen LogP contribution in [0.1, 0.15) is 62.2 Å². The van der Waals surface area contributed by atoms with Crippen LogP contribution in [0.25, 0.3) is 0 Å². The highest BCUT2D eigenvalue weighted by molar-refractivity contribution is 6.06. The quantitative estimate of drug-likeness (QED) is 0.273. The summed E-state index contributed by atoms with van der Waals surface area (Å²) in [6, 6.07) is 3.46. The summed E-state index contributed by atoms with van der Waals surface area (Å²) in [5.74, 6) is 5.45. The Labute approximate surface area is 340 Å². The summed E-state index contributed by atoms with van der Waals surface area (Å²) in [6.07, 6.45) is 6.61. The third kappa shape index (κ3) is 7.17. The first kappa shape index (κ1) is 28.8. The molecule has 4 aliphatic heterocycles. The molecule has 4 amide bonds. The van der Waals surface area contributed by atoms with E-state index in [2.05, 4.69) is 31.8 Å². The van der Waals surface area contributed by atoms with Gasteiger partial charge in [-0.3, -0.25) is 38.8 Å². The van der Waals surface area contributed by atoms with E-state index in [1.165, 1.54) is 9.80 Å². The molecule has 8 fully saturated rings. The molecule has 4 saturated carbocycles. The maximum atomic E-state index is 13.0. The minimum absolute atomic E-state index is 0.0125. The Bertz CT molecular complexity index is 2130. The number of aromatic nitrogens is 4. The smallest absolute Gasteiger partial charge is 0.234 e. The van der Waals surface area contributed by atoms with Crippen LogP contribution in [-0.2, 0) is 19.2 Å². The van der Waals surface area contributed by atoms with Gasteiger partial charge in [0.05, 0.1) is 39.5 Å². The number of piperazine rings is 2. The lowest BCUT2D eigenvalue weighted by Crippen LogP contribution is -2.47. The fraction of sp³-hybridized carbons (Fsp3) is 0.667. The van der Waals surface area contributed by atoms with Gasteiger partial charge in [0.1, 0.15) is 0 Å². The molecule has 2 aromatic rings. The van der Waals surface area contributed by atoms with Crippen molar-refractivity contribution in [2.45, 2.75) is 51.3 Å². The average Bonchev–Trinajstić information content (AvgIpc) is 4.17. The maximum absolute atomic E-state index is 13.0. The number of imide groups is 2. The van der Waals surface area contributed by atoms with Crippen molar-refractivity contribution in [3.63, 3.8) is 0 Å². The fourth-order valence-electron chi connectivity index (χ4n) is 10.7. The van der Waals surface area contributed by atoms with Gasteiger partial charge in [0.2, 0.25) is 35.5 Å². The van der Waals surface area contributed by atoms with Crippen LogP contribution >= 0.6 is 0 Å². The van der Waals surface area contributed by atoms with E-state index in [1.807, 2.05) is 9.80 Å². The van der Waals surface area contributed by atoms with E-state index >= 15 is 0 Å². The molecular weight excluding hydrogens is 709 g/mol. The molecule has 0 radical (unpaired) electrons. The summed E-state index contributed by atoms with van der Waals surface area (Å²) in [6.45, 7) is -2.04. The molecule has 14 nitrogen and oxygen atoms in total. The molecule has 14 heteroatoms. The van der Waals surface area contributed by atoms with E-state index in [0.29, 0.717) is 63.0 Å². The second-order valence-corrected chi connectivity index (χ2v) is 16.2. The van der Waals surface area contributed by atoms with Crippen molar-refractivity contribution in [1.29, 1.82) is 0 Å². The largest absolute Gasteiger partial charge is 0.338 e. The van der Waals surface area contributed by atoms with Crippen molar-refractivity contribution in [3.05, 3.63) is 36.9 Å². The Balaban J connectivity index is 0.000000163. The molecule has 0 spiro atoms. The van der Waals surface area contributed by atoms with E-state index in [0.717, 1.165) is 43.4 Å². The van der Waals surface area contributed by atoms with Crippen molar-refractivity contribution in [3.8, 4) is 11.8 Å². The number of hydrogen-bond donors (Lipinski definition) is 0. The van der Waals surface area contributed by atoms with Crippen molar-refractivity contribution in [2.24, 2.45) is 47.3 Å². The van der Waals surface area contributed by atoms with Gasteiger partial charge in [-0.2, -0.15) is 0 Å². The van der Waals surface area contributed by atoms with Gasteiger partial charge in [-0.1, -0.05) is 11.8 Å². The number of fused-ring (bicyclic) bond motifs is 10. The molecule has 296 valence electrons. The molecule has 6 heterocycles. The lowest BCUT2D eigenvalue weighted by molar-refractivity contribution is -0.142. The summed E-state index contributed by atoms with van der Waals surface area (Å²) >= 11 is 0. The average molecular weight is 771 g/mol. The number of anilines is 2. The lowest BCUT2D eigenvalue weighted by atomic mass is 9.81. The summed E-state index contributed by atoms with van der Waals surface area (Å²) in [4.78, 5) is 77.3. The highest BCUT2D eigenvalue weighted by atomic mass is 16.2. The Morgan fingerprint density at radius 1 is 0.554 bits per heavy atom. The van der Waals surface area contributed by atoms with Gasteiger partial charge in [-0.25, -0.2) is 19.9 Å². The van der Waals surface area contributed by atoms with Crippen LogP contribution < -0.4 is 9.80 Å². The number of nitrogens with zero attached hydrogens (tertiary/aromatic N) is 10. The van der Waals surface area contributed by atoms with Gasteiger partial charge in [0.15, 0.2) is 0 Å². The molecule has 8 atom stereocenters. The van der Waals surface area contributed by atoms with Crippen LogP contribution in [-0.4, -0.2) is 142 Å². The number of hydrogen-bond acceptors (Lipinski definition) is 12. The zero-order valence-electron chi connectivity index (χ0n) is 39.5. The van der Waals surface area contributed by atoms with E-state index in [4.69, 9.17) is 11.0 Å². The predicted octanol–water partition coefficient (Wildman–Crippen LogP) is 2.04. The lowest BCUT2D eigenvalue weighted by Gasteiger charge is -2.34. The van der Waals surface area contributed by atoms with E-state index in [1.54, 1.807) is 41.8 Å². The van der Waals surface area contributed by atoms with Crippen LogP contribution in [0.5, 0.6) is 0 Å². The molecule has 8 aliphatic rings. The number of rotatable bonds is 9. The first-order valence-electron chi connectivity index (χ1n) is 24.2. The third-order valence-electron chi connectivity index (χ3n) is 13.3. The van der Waals surface area contributed by atoms with Crippen LogP contribution in [0, 0.1) is 59.2 Å². The highest BCUT2D eigenvalue weighted by Gasteiger charge is 2.61. The Hall–Kier alpha value is -4.48. The van der Waals surface area contributed by atoms with Crippen molar-refractivity contribution in [1.82, 2.24) is 39.5 Å². The molecule has 0 unspecified atom stereocenters. The van der Waals surface area contributed by atoms with Crippen molar-refractivity contribution >= 4 is 35.5 Å². The molecule has 4 bridgehead atoms. The van der Waals surface area contributed by atoms with Gasteiger partial charge < -0.3 is 9.80 Å². The molecule has 2 aromatic heterocycles. The molecular formula is C42H54N10O4. The first-order valence-corrected chi connectivity index (χ1v) is 20.2. The van der Waals surface area contributed by atoms with Crippen molar-refractivity contribution < 1.29 is 30.1 Å². The molecule has 56 heavy (non-hydrogen) atoms. The van der Waals surface area contributed by atoms with E-state index in [9.17, 15) is 19.2 Å². The SMILES string of the molecule is [2H]C([2H])(C#CCN1C(=O)[C@@H]2[C@@H]3CC[C@@H](C3)[C@@H]2C1=O)N1CCN(c2ncccn2)CC1.[2H]C([2H])(CN1C(=O)[C@@H]2[C@@H]3CC[C@@H](C3)[C@@H]2C1=O)C([2H])([2H])C([2H])([2H])N1CCN(c2ncccn2)CC1. The minimum Gasteiger partial charge on any atom is -0.338 e. The third-order valence-corrected chi connectivity index (χ3v) is 13.3. The van der Waals surface area contributed by atoms with Crippen LogP contribution in [0.2, 0.25) is 0 Å². The monoisotopic (exact) mass is 770 g/mol. The molecule has 0 N–H and O–H groups in total. The van der Waals surface area contributed by atoms with Gasteiger partial charge in [0, 0.05) is 91.9 Å². The van der Waals surface area contributed by atoms with Gasteiger partial charge in [-0.15, -0.1) is 0 Å². The second kappa shape index (κ2) is 16.2. The Kier molecular flexibility index (Phi) is 8.33. The first-order chi connectivity index (χ1) is 30.4. The number of carbonyl (C=O) groups excluding carboxylic acids is 4. The Morgan fingerprint density at radius 2 is 0.982 bits per heavy atom. The molecule has 4 saturated heterocycles. The van der Waals surface area contributed by atoms with Crippen LogP contribution in [0.15, 0.2) is 36.9 Å². The standard InChI is InChI=1S/C21H29N5O2.C21H25N5O2/c2*27-19-17-15-4-5-16(14-15)18(17)20(28)26(19)9-2-1-8-24-10-12-25(13-11-24)21-22-6-3-7-23-21/h3,6-7,15-18H,1-2,4-5,8-14H2;3,6-7,15-18H,4-5,8-14H2/t2*15-,16+,17-,18+/i1D2,2D2,8D2;8D2. The fourth-order valence-corrected chi connectivity index (χ4v) is 10.7. The highest BCUT2D eigenvalue weighted by Crippen LogP contribution is 2.57. The summed E-state index contributed by atoms with van der Waals surface area (Å²) in [7, 11) is 0. The van der Waals surface area contributed by atoms with Crippen LogP contribution in [0.4, 0.5) is 11.9 Å². The summed E-state index contributed by atoms with van der Waals surface area (Å²) in [5.41, 5.74) is 0. The van der Waals surface area contributed by atoms with E-state index < -0.39 is 55.9 Å².